The lowest BCUT2D eigenvalue weighted by molar-refractivity contribution is -0.141. The van der Waals surface area contributed by atoms with Gasteiger partial charge < -0.3 is 10.8 Å². The molecule has 0 amide bonds. The van der Waals surface area contributed by atoms with Crippen molar-refractivity contribution in [3.8, 4) is 0 Å². The Morgan fingerprint density at radius 3 is 3.00 bits per heavy atom. The van der Waals surface area contributed by atoms with Crippen LogP contribution in [0.1, 0.15) is 18.9 Å². The van der Waals surface area contributed by atoms with Gasteiger partial charge in [-0.3, -0.25) is 9.48 Å². The first-order valence-corrected chi connectivity index (χ1v) is 5.11. The fourth-order valence-electron chi connectivity index (χ4n) is 1.42. The van der Waals surface area contributed by atoms with Crippen LogP contribution >= 0.6 is 0 Å². The molecular weight excluding hydrogens is 194 g/mol. The Labute approximate surface area is 88.9 Å². The van der Waals surface area contributed by atoms with E-state index in [-0.39, 0.29) is 6.54 Å². The summed E-state index contributed by atoms with van der Waals surface area (Å²) in [6.45, 7) is 3.09. The highest BCUT2D eigenvalue weighted by Gasteiger charge is 2.16. The van der Waals surface area contributed by atoms with Gasteiger partial charge in [0.15, 0.2) is 0 Å². The summed E-state index contributed by atoms with van der Waals surface area (Å²) in [6, 6.07) is 0. The minimum Gasteiger partial charge on any atom is -0.481 e. The van der Waals surface area contributed by atoms with E-state index in [1.165, 1.54) is 0 Å². The molecule has 0 aliphatic rings. The Morgan fingerprint density at radius 1 is 1.73 bits per heavy atom. The zero-order valence-corrected chi connectivity index (χ0v) is 8.89. The van der Waals surface area contributed by atoms with E-state index >= 15 is 0 Å². The Balaban J connectivity index is 2.59. The fraction of sp³-hybridized carbons (Fsp3) is 0.600. The van der Waals surface area contributed by atoms with Crippen molar-refractivity contribution in [2.24, 2.45) is 11.7 Å². The van der Waals surface area contributed by atoms with Gasteiger partial charge in [0.2, 0.25) is 0 Å². The fourth-order valence-corrected chi connectivity index (χ4v) is 1.42. The van der Waals surface area contributed by atoms with E-state index in [1.807, 2.05) is 10.9 Å². The highest BCUT2D eigenvalue weighted by atomic mass is 16.4. The standard InChI is InChI=1S/C10H17N3O2/c1-2-3-13-7-8(6-12-13)4-9(5-11)10(14)15/h6-7,9H,2-5,11H2,1H3,(H,14,15). The van der Waals surface area contributed by atoms with Gasteiger partial charge in [0.1, 0.15) is 0 Å². The van der Waals surface area contributed by atoms with Gasteiger partial charge in [-0.25, -0.2) is 0 Å². The molecule has 0 fully saturated rings. The number of carboxylic acids is 1. The topological polar surface area (TPSA) is 81.1 Å². The summed E-state index contributed by atoms with van der Waals surface area (Å²) >= 11 is 0. The molecule has 3 N–H and O–H groups in total. The Kier molecular flexibility index (Phi) is 4.30. The Morgan fingerprint density at radius 2 is 2.47 bits per heavy atom. The van der Waals surface area contributed by atoms with Crippen LogP contribution in [0, 0.1) is 5.92 Å². The molecule has 5 heteroatoms. The molecule has 0 saturated heterocycles. The smallest absolute Gasteiger partial charge is 0.308 e. The third kappa shape index (κ3) is 3.36. The number of rotatable bonds is 6. The number of carbonyl (C=O) groups is 1. The summed E-state index contributed by atoms with van der Waals surface area (Å²) < 4.78 is 1.82. The number of aryl methyl sites for hydroxylation is 1. The summed E-state index contributed by atoms with van der Waals surface area (Å²) in [7, 11) is 0. The monoisotopic (exact) mass is 211 g/mol. The maximum Gasteiger partial charge on any atom is 0.308 e. The number of nitrogens with two attached hydrogens (primary N) is 1. The van der Waals surface area contributed by atoms with Gasteiger partial charge in [-0.1, -0.05) is 6.92 Å². The van der Waals surface area contributed by atoms with E-state index in [0.29, 0.717) is 6.42 Å². The lowest BCUT2D eigenvalue weighted by Crippen LogP contribution is -2.25. The molecule has 1 aromatic rings. The largest absolute Gasteiger partial charge is 0.481 e. The van der Waals surface area contributed by atoms with Gasteiger partial charge in [-0.15, -0.1) is 0 Å². The van der Waals surface area contributed by atoms with Gasteiger partial charge in [0.05, 0.1) is 12.1 Å². The molecule has 84 valence electrons. The normalized spacial score (nSPS) is 12.7. The molecule has 0 aromatic carbocycles. The molecule has 0 radical (unpaired) electrons. The van der Waals surface area contributed by atoms with Crippen molar-refractivity contribution in [2.75, 3.05) is 6.54 Å². The molecular formula is C10H17N3O2. The van der Waals surface area contributed by atoms with E-state index in [9.17, 15) is 4.79 Å². The van der Waals surface area contributed by atoms with Crippen molar-refractivity contribution in [2.45, 2.75) is 26.3 Å². The predicted molar refractivity (Wildman–Crippen MR) is 56.4 cm³/mol. The maximum absolute atomic E-state index is 10.8. The van der Waals surface area contributed by atoms with Gasteiger partial charge in [0, 0.05) is 19.3 Å². The number of hydrogen-bond acceptors (Lipinski definition) is 3. The van der Waals surface area contributed by atoms with Crippen LogP contribution in [0.5, 0.6) is 0 Å². The van der Waals surface area contributed by atoms with Gasteiger partial charge >= 0.3 is 5.97 Å². The Bertz CT molecular complexity index is 322. The number of hydrogen-bond donors (Lipinski definition) is 2. The first-order valence-electron chi connectivity index (χ1n) is 5.11. The van der Waals surface area contributed by atoms with Crippen molar-refractivity contribution in [1.82, 2.24) is 9.78 Å². The van der Waals surface area contributed by atoms with Crippen LogP contribution in [0.2, 0.25) is 0 Å². The SMILES string of the molecule is CCCn1cc(CC(CN)C(=O)O)cn1. The summed E-state index contributed by atoms with van der Waals surface area (Å²) in [4.78, 5) is 10.8. The van der Waals surface area contributed by atoms with E-state index in [4.69, 9.17) is 10.8 Å². The summed E-state index contributed by atoms with van der Waals surface area (Å²) in [6.07, 6.45) is 5.06. The molecule has 0 aliphatic heterocycles. The molecule has 1 aromatic heterocycles. The number of aromatic nitrogens is 2. The van der Waals surface area contributed by atoms with Crippen LogP contribution in [-0.4, -0.2) is 27.4 Å². The third-order valence-electron chi connectivity index (χ3n) is 2.26. The molecule has 0 bridgehead atoms. The van der Waals surface area contributed by atoms with E-state index in [0.717, 1.165) is 18.5 Å². The van der Waals surface area contributed by atoms with Crippen LogP contribution in [0.3, 0.4) is 0 Å². The van der Waals surface area contributed by atoms with Crippen LogP contribution in [0.15, 0.2) is 12.4 Å². The second kappa shape index (κ2) is 5.50. The van der Waals surface area contributed by atoms with Crippen LogP contribution in [0.25, 0.3) is 0 Å². The van der Waals surface area contributed by atoms with Gasteiger partial charge in [-0.2, -0.15) is 5.10 Å². The molecule has 5 nitrogen and oxygen atoms in total. The molecule has 15 heavy (non-hydrogen) atoms. The van der Waals surface area contributed by atoms with E-state index in [2.05, 4.69) is 12.0 Å². The summed E-state index contributed by atoms with van der Waals surface area (Å²) in [5.74, 6) is -1.36. The van der Waals surface area contributed by atoms with Gasteiger partial charge in [-0.05, 0) is 18.4 Å². The van der Waals surface area contributed by atoms with Crippen molar-refractivity contribution >= 4 is 5.97 Å². The zero-order chi connectivity index (χ0) is 11.3. The average Bonchev–Trinajstić information content (AvgIpc) is 2.62. The van der Waals surface area contributed by atoms with Crippen molar-refractivity contribution in [3.63, 3.8) is 0 Å². The molecule has 1 unspecified atom stereocenters. The zero-order valence-electron chi connectivity index (χ0n) is 8.89. The number of aliphatic carboxylic acids is 1. The van der Waals surface area contributed by atoms with Crippen molar-refractivity contribution in [1.29, 1.82) is 0 Å². The molecule has 0 spiro atoms. The molecule has 1 rings (SSSR count). The molecule has 0 aliphatic carbocycles. The van der Waals surface area contributed by atoms with E-state index in [1.54, 1.807) is 6.20 Å². The minimum absolute atomic E-state index is 0.161. The number of nitrogens with zero attached hydrogens (tertiary/aromatic N) is 2. The average molecular weight is 211 g/mol. The van der Waals surface area contributed by atoms with Crippen LogP contribution in [0.4, 0.5) is 0 Å². The van der Waals surface area contributed by atoms with Crippen molar-refractivity contribution < 1.29 is 9.90 Å². The second-order valence-corrected chi connectivity index (χ2v) is 3.59. The third-order valence-corrected chi connectivity index (χ3v) is 2.26. The first kappa shape index (κ1) is 11.7. The van der Waals surface area contributed by atoms with E-state index < -0.39 is 11.9 Å². The molecule has 0 saturated carbocycles. The Hall–Kier alpha value is -1.36. The van der Waals surface area contributed by atoms with Gasteiger partial charge in [0.25, 0.3) is 0 Å². The predicted octanol–water partition coefficient (Wildman–Crippen LogP) is 0.495. The first-order chi connectivity index (χ1) is 7.17. The molecule has 1 heterocycles. The highest BCUT2D eigenvalue weighted by Crippen LogP contribution is 2.07. The quantitative estimate of drug-likeness (QED) is 0.717. The second-order valence-electron chi connectivity index (χ2n) is 3.59. The number of carboxylic acid groups (broad SMARTS) is 1. The lowest BCUT2D eigenvalue weighted by Gasteiger charge is -2.06. The molecule has 1 atom stereocenters. The minimum atomic E-state index is -0.847. The summed E-state index contributed by atoms with van der Waals surface area (Å²) in [5, 5.41) is 13.0. The van der Waals surface area contributed by atoms with Crippen molar-refractivity contribution in [3.05, 3.63) is 18.0 Å². The van der Waals surface area contributed by atoms with Crippen LogP contribution < -0.4 is 5.73 Å². The maximum atomic E-state index is 10.8. The summed E-state index contributed by atoms with van der Waals surface area (Å²) in [5.41, 5.74) is 6.31. The van der Waals surface area contributed by atoms with Crippen LogP contribution in [-0.2, 0) is 17.8 Å². The highest BCUT2D eigenvalue weighted by molar-refractivity contribution is 5.70. The lowest BCUT2D eigenvalue weighted by atomic mass is 10.0.